The van der Waals surface area contributed by atoms with E-state index in [0.717, 1.165) is 31.3 Å². The van der Waals surface area contributed by atoms with Gasteiger partial charge < -0.3 is 9.80 Å². The molecule has 130 valence electrons. The maximum absolute atomic E-state index is 12.3. The van der Waals surface area contributed by atoms with Crippen LogP contribution in [0, 0.1) is 0 Å². The summed E-state index contributed by atoms with van der Waals surface area (Å²) in [6.07, 6.45) is 0. The summed E-state index contributed by atoms with van der Waals surface area (Å²) in [5, 5.41) is 2.26. The Balaban J connectivity index is 2.00. The Morgan fingerprint density at radius 3 is 1.52 bits per heavy atom. The smallest absolute Gasteiger partial charge is 0.176 e. The summed E-state index contributed by atoms with van der Waals surface area (Å²) in [6, 6.07) is 11.7. The summed E-state index contributed by atoms with van der Waals surface area (Å²) in [7, 11) is 7.56. The molecule has 0 radical (unpaired) electrons. The first-order valence-corrected chi connectivity index (χ1v) is 8.99. The number of nitrogens with zero attached hydrogens (tertiary/aromatic N) is 2. The van der Waals surface area contributed by atoms with Crippen molar-refractivity contribution in [2.75, 3.05) is 41.3 Å². The van der Waals surface area contributed by atoms with Crippen LogP contribution in [-0.2, 0) is 0 Å². The molecule has 5 heteroatoms. The van der Waals surface area contributed by atoms with Crippen LogP contribution in [0.25, 0.3) is 20.2 Å². The molecule has 0 unspecified atom stereocenters. The lowest BCUT2D eigenvalue weighted by molar-refractivity contribution is 0.0950. The Hall–Kier alpha value is -2.08. The van der Waals surface area contributed by atoms with Gasteiger partial charge in [0.1, 0.15) is 0 Å². The number of carbonyl (C=O) groups is 2. The van der Waals surface area contributed by atoms with Gasteiger partial charge in [-0.3, -0.25) is 9.59 Å². The van der Waals surface area contributed by atoms with Gasteiger partial charge in [-0.15, -0.1) is 11.3 Å². The highest BCUT2D eigenvalue weighted by molar-refractivity contribution is 7.25. The highest BCUT2D eigenvalue weighted by atomic mass is 32.1. The molecule has 0 atom stereocenters. The van der Waals surface area contributed by atoms with E-state index < -0.39 is 0 Å². The van der Waals surface area contributed by atoms with Crippen molar-refractivity contribution in [1.29, 1.82) is 0 Å². The topological polar surface area (TPSA) is 40.6 Å². The summed E-state index contributed by atoms with van der Waals surface area (Å²) in [4.78, 5) is 28.3. The number of Topliss-reactive ketones (excluding diaryl/α,β-unsaturated/α-hetero) is 2. The molecule has 0 spiro atoms. The lowest BCUT2D eigenvalue weighted by atomic mass is 10.0. The molecule has 3 aromatic rings. The quantitative estimate of drug-likeness (QED) is 0.635. The zero-order valence-corrected chi connectivity index (χ0v) is 15.8. The Morgan fingerprint density at radius 2 is 1.16 bits per heavy atom. The average Bonchev–Trinajstić information content (AvgIpc) is 2.90. The molecule has 3 rings (SSSR count). The molecule has 25 heavy (non-hydrogen) atoms. The molecule has 0 aliphatic carbocycles. The van der Waals surface area contributed by atoms with Gasteiger partial charge in [0.2, 0.25) is 0 Å². The minimum absolute atomic E-state index is 0.117. The second-order valence-electron chi connectivity index (χ2n) is 6.85. The monoisotopic (exact) mass is 354 g/mol. The molecule has 0 saturated carbocycles. The van der Waals surface area contributed by atoms with Gasteiger partial charge >= 0.3 is 0 Å². The molecule has 0 saturated heterocycles. The molecule has 0 aliphatic heterocycles. The van der Waals surface area contributed by atoms with E-state index in [1.807, 2.05) is 74.4 Å². The van der Waals surface area contributed by atoms with Crippen molar-refractivity contribution in [3.63, 3.8) is 0 Å². The molecule has 0 aliphatic rings. The lowest BCUT2D eigenvalue weighted by Crippen LogP contribution is -2.21. The molecule has 0 N–H and O–H groups in total. The Kier molecular flexibility index (Phi) is 4.99. The van der Waals surface area contributed by atoms with Crippen molar-refractivity contribution < 1.29 is 9.59 Å². The van der Waals surface area contributed by atoms with Crippen LogP contribution in [0.2, 0.25) is 0 Å². The number of hydrogen-bond donors (Lipinski definition) is 0. The van der Waals surface area contributed by atoms with Gasteiger partial charge in [0.15, 0.2) is 11.6 Å². The predicted molar refractivity (Wildman–Crippen MR) is 105 cm³/mol. The summed E-state index contributed by atoms with van der Waals surface area (Å²) < 4.78 is 2.16. The molecule has 0 amide bonds. The fourth-order valence-corrected chi connectivity index (χ4v) is 4.07. The van der Waals surface area contributed by atoms with Crippen LogP contribution in [-0.4, -0.2) is 62.6 Å². The SMILES string of the molecule is CN(C)CC(=O)c1ccc2c(c1)sc1cc(C(=O)CN(C)C)ccc12. The zero-order valence-electron chi connectivity index (χ0n) is 15.0. The van der Waals surface area contributed by atoms with Crippen molar-refractivity contribution >= 4 is 43.1 Å². The third kappa shape index (κ3) is 3.79. The number of thiophene rings is 1. The summed E-state index contributed by atoms with van der Waals surface area (Å²) in [5.41, 5.74) is 1.47. The van der Waals surface area contributed by atoms with Gasteiger partial charge in [0, 0.05) is 31.3 Å². The van der Waals surface area contributed by atoms with E-state index in [1.165, 1.54) is 0 Å². The van der Waals surface area contributed by atoms with E-state index in [0.29, 0.717) is 13.1 Å². The molecular formula is C20H22N2O2S. The standard InChI is InChI=1S/C20H22N2O2S/c1-21(2)11-17(23)13-5-7-15-16-8-6-14(18(24)12-22(3)4)10-20(16)25-19(15)9-13/h5-10H,11-12H2,1-4H3. The first-order valence-electron chi connectivity index (χ1n) is 8.17. The van der Waals surface area contributed by atoms with Crippen molar-refractivity contribution in [2.45, 2.75) is 0 Å². The van der Waals surface area contributed by atoms with Crippen LogP contribution >= 0.6 is 11.3 Å². The van der Waals surface area contributed by atoms with Crippen LogP contribution in [0.4, 0.5) is 0 Å². The number of carbonyl (C=O) groups excluding carboxylic acids is 2. The van der Waals surface area contributed by atoms with Crippen molar-refractivity contribution in [2.24, 2.45) is 0 Å². The Labute approximate surface area is 151 Å². The molecule has 0 bridgehead atoms. The summed E-state index contributed by atoms with van der Waals surface area (Å²) in [5.74, 6) is 0.234. The highest BCUT2D eigenvalue weighted by Crippen LogP contribution is 2.35. The van der Waals surface area contributed by atoms with Gasteiger partial charge in [0.25, 0.3) is 0 Å². The van der Waals surface area contributed by atoms with Crippen LogP contribution < -0.4 is 0 Å². The van der Waals surface area contributed by atoms with Crippen LogP contribution in [0.1, 0.15) is 20.7 Å². The number of fused-ring (bicyclic) bond motifs is 3. The van der Waals surface area contributed by atoms with E-state index in [1.54, 1.807) is 11.3 Å². The van der Waals surface area contributed by atoms with E-state index in [-0.39, 0.29) is 11.6 Å². The second kappa shape index (κ2) is 7.04. The molecule has 1 heterocycles. The van der Waals surface area contributed by atoms with Gasteiger partial charge in [0.05, 0.1) is 13.1 Å². The Bertz CT molecular complexity index is 881. The fraction of sp³-hybridized carbons (Fsp3) is 0.300. The highest BCUT2D eigenvalue weighted by Gasteiger charge is 2.13. The fourth-order valence-electron chi connectivity index (χ4n) is 2.88. The van der Waals surface area contributed by atoms with Gasteiger partial charge in [-0.25, -0.2) is 0 Å². The third-order valence-corrected chi connectivity index (χ3v) is 5.15. The largest absolute Gasteiger partial charge is 0.302 e. The number of rotatable bonds is 6. The minimum Gasteiger partial charge on any atom is -0.302 e. The molecular weight excluding hydrogens is 332 g/mol. The number of hydrogen-bond acceptors (Lipinski definition) is 5. The number of likely N-dealkylation sites (N-methyl/N-ethyl adjacent to an activating group) is 2. The lowest BCUT2D eigenvalue weighted by Gasteiger charge is -2.08. The normalized spacial score (nSPS) is 11.8. The first kappa shape index (κ1) is 17.7. The van der Waals surface area contributed by atoms with Crippen molar-refractivity contribution in [3.8, 4) is 0 Å². The van der Waals surface area contributed by atoms with Crippen LogP contribution in [0.5, 0.6) is 0 Å². The van der Waals surface area contributed by atoms with E-state index in [4.69, 9.17) is 0 Å². The van der Waals surface area contributed by atoms with Crippen LogP contribution in [0.3, 0.4) is 0 Å². The third-order valence-electron chi connectivity index (χ3n) is 4.04. The van der Waals surface area contributed by atoms with Crippen LogP contribution in [0.15, 0.2) is 36.4 Å². The molecule has 4 nitrogen and oxygen atoms in total. The number of ketones is 2. The molecule has 1 aromatic heterocycles. The minimum atomic E-state index is 0.117. The van der Waals surface area contributed by atoms with Gasteiger partial charge in [-0.1, -0.05) is 24.3 Å². The summed E-state index contributed by atoms with van der Waals surface area (Å²) in [6.45, 7) is 0.805. The van der Waals surface area contributed by atoms with Crippen molar-refractivity contribution in [3.05, 3.63) is 47.5 Å². The Morgan fingerprint density at radius 1 is 0.760 bits per heavy atom. The number of benzene rings is 2. The van der Waals surface area contributed by atoms with Crippen molar-refractivity contribution in [1.82, 2.24) is 9.80 Å². The maximum Gasteiger partial charge on any atom is 0.176 e. The van der Waals surface area contributed by atoms with E-state index in [2.05, 4.69) is 0 Å². The average molecular weight is 354 g/mol. The zero-order chi connectivity index (χ0) is 18.1. The van der Waals surface area contributed by atoms with Gasteiger partial charge in [-0.2, -0.15) is 0 Å². The predicted octanol–water partition coefficient (Wildman–Crippen LogP) is 3.54. The maximum atomic E-state index is 12.3. The van der Waals surface area contributed by atoms with E-state index >= 15 is 0 Å². The second-order valence-corrected chi connectivity index (χ2v) is 7.93. The first-order chi connectivity index (χ1) is 11.8. The van der Waals surface area contributed by atoms with E-state index in [9.17, 15) is 9.59 Å². The molecule has 0 fully saturated rings. The molecule has 2 aromatic carbocycles. The summed E-state index contributed by atoms with van der Waals surface area (Å²) >= 11 is 1.63. The van der Waals surface area contributed by atoms with Gasteiger partial charge in [-0.05, 0) is 40.3 Å².